The lowest BCUT2D eigenvalue weighted by atomic mass is 9.73. The molecule has 1 aliphatic carbocycles. The van der Waals surface area contributed by atoms with Gasteiger partial charge in [0.2, 0.25) is 0 Å². The van der Waals surface area contributed by atoms with E-state index in [2.05, 4.69) is 38.0 Å². The first-order valence-electron chi connectivity index (χ1n) is 6.62. The van der Waals surface area contributed by atoms with Gasteiger partial charge in [-0.2, -0.15) is 0 Å². The van der Waals surface area contributed by atoms with Crippen molar-refractivity contribution >= 4 is 27.6 Å². The number of nitrogens with zero attached hydrogens (tertiary/aromatic N) is 2. The van der Waals surface area contributed by atoms with Gasteiger partial charge in [-0.1, -0.05) is 22.0 Å². The Bertz CT molecular complexity index is 511. The van der Waals surface area contributed by atoms with E-state index in [0.717, 1.165) is 36.2 Å². The monoisotopic (exact) mass is 323 g/mol. The Morgan fingerprint density at radius 1 is 1.53 bits per heavy atom. The van der Waals surface area contributed by atoms with Crippen molar-refractivity contribution in [3.8, 4) is 0 Å². The number of nitrogens with two attached hydrogens (primary N) is 1. The zero-order valence-electron chi connectivity index (χ0n) is 11.0. The zero-order valence-corrected chi connectivity index (χ0v) is 12.6. The molecule has 1 aliphatic heterocycles. The molecule has 1 aromatic carbocycles. The Morgan fingerprint density at radius 3 is 3.00 bits per heavy atom. The zero-order chi connectivity index (χ0) is 13.5. The number of guanidine groups is 1. The van der Waals surface area contributed by atoms with Crippen LogP contribution in [0, 0.1) is 0 Å². The molecule has 2 N–H and O–H groups in total. The average Bonchev–Trinajstić information content (AvgIpc) is 2.67. The first-order chi connectivity index (χ1) is 9.14. The molecule has 5 heteroatoms. The van der Waals surface area contributed by atoms with Gasteiger partial charge in [-0.05, 0) is 38.0 Å². The second kappa shape index (κ2) is 4.80. The highest BCUT2D eigenvalue weighted by molar-refractivity contribution is 9.10. The van der Waals surface area contributed by atoms with Gasteiger partial charge in [0.25, 0.3) is 0 Å². The van der Waals surface area contributed by atoms with Crippen LogP contribution < -0.4 is 10.6 Å². The van der Waals surface area contributed by atoms with E-state index in [0.29, 0.717) is 12.1 Å². The maximum absolute atomic E-state index is 6.09. The predicted molar refractivity (Wildman–Crippen MR) is 80.5 cm³/mol. The van der Waals surface area contributed by atoms with E-state index in [1.54, 1.807) is 0 Å². The lowest BCUT2D eigenvalue weighted by Crippen LogP contribution is -2.62. The minimum atomic E-state index is 0.0325. The van der Waals surface area contributed by atoms with E-state index >= 15 is 0 Å². The number of anilines is 1. The molecule has 0 atom stereocenters. The van der Waals surface area contributed by atoms with Gasteiger partial charge in [0.05, 0.1) is 18.2 Å². The van der Waals surface area contributed by atoms with Crippen molar-refractivity contribution in [3.05, 3.63) is 28.7 Å². The molecule has 1 spiro atoms. The van der Waals surface area contributed by atoms with Crippen LogP contribution in [0.25, 0.3) is 0 Å². The van der Waals surface area contributed by atoms with E-state index in [9.17, 15) is 0 Å². The Labute approximate surface area is 121 Å². The Balaban J connectivity index is 1.84. The summed E-state index contributed by atoms with van der Waals surface area (Å²) in [5, 5.41) is 0. The fraction of sp³-hybridized carbons (Fsp3) is 0.500. The van der Waals surface area contributed by atoms with Crippen LogP contribution in [0.3, 0.4) is 0 Å². The number of rotatable bonds is 3. The fourth-order valence-electron chi connectivity index (χ4n) is 3.09. The lowest BCUT2D eigenvalue weighted by molar-refractivity contribution is -0.0306. The second-order valence-corrected chi connectivity index (χ2v) is 6.12. The van der Waals surface area contributed by atoms with Gasteiger partial charge in [-0.15, -0.1) is 0 Å². The SMILES string of the molecule is CCOC1CC2(CN=C(N)N2c2cccc(Br)c2)C1. The maximum Gasteiger partial charge on any atom is 0.196 e. The molecule has 102 valence electrons. The topological polar surface area (TPSA) is 50.9 Å². The summed E-state index contributed by atoms with van der Waals surface area (Å²) in [6, 6.07) is 8.21. The number of benzene rings is 1. The average molecular weight is 324 g/mol. The van der Waals surface area contributed by atoms with E-state index in [-0.39, 0.29) is 5.54 Å². The normalized spacial score (nSPS) is 29.5. The van der Waals surface area contributed by atoms with Crippen LogP contribution in [0.15, 0.2) is 33.7 Å². The molecular weight excluding hydrogens is 306 g/mol. The van der Waals surface area contributed by atoms with E-state index in [1.165, 1.54) is 0 Å². The van der Waals surface area contributed by atoms with E-state index < -0.39 is 0 Å². The van der Waals surface area contributed by atoms with Crippen LogP contribution in [0.5, 0.6) is 0 Å². The molecule has 0 radical (unpaired) electrons. The van der Waals surface area contributed by atoms with Crippen LogP contribution >= 0.6 is 15.9 Å². The van der Waals surface area contributed by atoms with Crippen molar-refractivity contribution in [2.45, 2.75) is 31.4 Å². The van der Waals surface area contributed by atoms with Crippen molar-refractivity contribution in [1.82, 2.24) is 0 Å². The quantitative estimate of drug-likeness (QED) is 0.929. The molecule has 0 unspecified atom stereocenters. The van der Waals surface area contributed by atoms with Gasteiger partial charge in [0, 0.05) is 16.8 Å². The Morgan fingerprint density at radius 2 is 2.32 bits per heavy atom. The van der Waals surface area contributed by atoms with Crippen molar-refractivity contribution in [2.24, 2.45) is 10.7 Å². The largest absolute Gasteiger partial charge is 0.378 e. The van der Waals surface area contributed by atoms with Gasteiger partial charge in [0.1, 0.15) is 0 Å². The minimum absolute atomic E-state index is 0.0325. The van der Waals surface area contributed by atoms with E-state index in [1.807, 2.05) is 19.1 Å². The summed E-state index contributed by atoms with van der Waals surface area (Å²) in [4.78, 5) is 6.62. The highest BCUT2D eigenvalue weighted by Crippen LogP contribution is 2.45. The van der Waals surface area contributed by atoms with Gasteiger partial charge < -0.3 is 15.4 Å². The summed E-state index contributed by atoms with van der Waals surface area (Å²) in [6.45, 7) is 3.58. The summed E-state index contributed by atoms with van der Waals surface area (Å²) in [7, 11) is 0. The molecule has 3 rings (SSSR count). The van der Waals surface area contributed by atoms with Crippen LogP contribution in [-0.4, -0.2) is 30.8 Å². The summed E-state index contributed by atoms with van der Waals surface area (Å²) in [5.74, 6) is 0.619. The van der Waals surface area contributed by atoms with Gasteiger partial charge in [-0.3, -0.25) is 4.99 Å². The van der Waals surface area contributed by atoms with Crippen molar-refractivity contribution in [3.63, 3.8) is 0 Å². The lowest BCUT2D eigenvalue weighted by Gasteiger charge is -2.50. The van der Waals surface area contributed by atoms with Crippen molar-refractivity contribution in [1.29, 1.82) is 0 Å². The molecular formula is C14H18BrN3O. The number of aliphatic imine (C=N–C) groups is 1. The molecule has 0 aromatic heterocycles. The number of hydrogen-bond donors (Lipinski definition) is 1. The minimum Gasteiger partial charge on any atom is -0.378 e. The first-order valence-corrected chi connectivity index (χ1v) is 7.41. The Kier molecular flexibility index (Phi) is 3.27. The molecule has 2 aliphatic rings. The molecule has 0 bridgehead atoms. The number of ether oxygens (including phenoxy) is 1. The third-order valence-electron chi connectivity index (χ3n) is 3.92. The van der Waals surface area contributed by atoms with Crippen LogP contribution in [-0.2, 0) is 4.74 Å². The van der Waals surface area contributed by atoms with Crippen LogP contribution in [0.1, 0.15) is 19.8 Å². The molecule has 1 saturated carbocycles. The summed E-state index contributed by atoms with van der Waals surface area (Å²) >= 11 is 3.51. The number of halogens is 1. The number of hydrogen-bond acceptors (Lipinski definition) is 4. The van der Waals surface area contributed by atoms with Crippen molar-refractivity contribution < 1.29 is 4.74 Å². The van der Waals surface area contributed by atoms with Gasteiger partial charge >= 0.3 is 0 Å². The van der Waals surface area contributed by atoms with Gasteiger partial charge in [0.15, 0.2) is 5.96 Å². The van der Waals surface area contributed by atoms with Crippen LogP contribution in [0.2, 0.25) is 0 Å². The highest BCUT2D eigenvalue weighted by atomic mass is 79.9. The third kappa shape index (κ3) is 2.15. The molecule has 0 amide bonds. The molecule has 1 aromatic rings. The smallest absolute Gasteiger partial charge is 0.196 e. The molecule has 19 heavy (non-hydrogen) atoms. The maximum atomic E-state index is 6.09. The Hall–Kier alpha value is -1.07. The molecule has 0 saturated heterocycles. The fourth-order valence-corrected chi connectivity index (χ4v) is 3.47. The standard InChI is InChI=1S/C14H18BrN3O/c1-2-19-12-7-14(8-12)9-17-13(16)18(14)11-5-3-4-10(15)6-11/h3-6,12H,2,7-9H2,1H3,(H2,16,17). The third-order valence-corrected chi connectivity index (χ3v) is 4.42. The van der Waals surface area contributed by atoms with Crippen LogP contribution in [0.4, 0.5) is 5.69 Å². The van der Waals surface area contributed by atoms with Gasteiger partial charge in [-0.25, -0.2) is 0 Å². The predicted octanol–water partition coefficient (Wildman–Crippen LogP) is 2.52. The summed E-state index contributed by atoms with van der Waals surface area (Å²) < 4.78 is 6.74. The summed E-state index contributed by atoms with van der Waals surface area (Å²) in [5.41, 5.74) is 7.22. The molecule has 1 heterocycles. The second-order valence-electron chi connectivity index (χ2n) is 5.20. The highest BCUT2D eigenvalue weighted by Gasteiger charge is 2.53. The van der Waals surface area contributed by atoms with Crippen molar-refractivity contribution in [2.75, 3.05) is 18.1 Å². The molecule has 1 fully saturated rings. The first kappa shape index (κ1) is 12.9. The molecule has 4 nitrogen and oxygen atoms in total. The van der Waals surface area contributed by atoms with E-state index in [4.69, 9.17) is 10.5 Å². The summed E-state index contributed by atoms with van der Waals surface area (Å²) in [6.07, 6.45) is 2.34.